The molecule has 0 fully saturated rings. The number of hydrogen-bond donors (Lipinski definition) is 4. The van der Waals surface area contributed by atoms with E-state index in [4.69, 9.17) is 9.26 Å². The fourth-order valence-electron chi connectivity index (χ4n) is 9.06. The lowest BCUT2D eigenvalue weighted by Crippen LogP contribution is -2.59. The van der Waals surface area contributed by atoms with Gasteiger partial charge in [0.2, 0.25) is 0 Å². The lowest BCUT2D eigenvalue weighted by Gasteiger charge is -2.53. The van der Waals surface area contributed by atoms with Gasteiger partial charge in [-0.2, -0.15) is 0 Å². The van der Waals surface area contributed by atoms with Gasteiger partial charge in [0.1, 0.15) is 11.4 Å². The molecule has 0 aromatic heterocycles. The minimum absolute atomic E-state index is 0.305. The van der Waals surface area contributed by atoms with Gasteiger partial charge in [0, 0.05) is 16.7 Å². The topological polar surface area (TPSA) is 99.4 Å². The zero-order chi connectivity index (χ0) is 45.6. The van der Waals surface area contributed by atoms with E-state index >= 15 is 0 Å². The molecule has 0 amide bonds. The fraction of sp³-hybridized carbons (Fsp3) is 0.774. The summed E-state index contributed by atoms with van der Waals surface area (Å²) in [6.45, 7) is 31.9. The van der Waals surface area contributed by atoms with Crippen molar-refractivity contribution in [3.63, 3.8) is 0 Å². The molecule has 6 nitrogen and oxygen atoms in total. The Balaban J connectivity index is 2.80. The van der Waals surface area contributed by atoms with Crippen molar-refractivity contribution in [3.05, 3.63) is 63.2 Å². The molecule has 2 aromatic carbocycles. The quantitative estimate of drug-likeness (QED) is 0.0556. The summed E-state index contributed by atoms with van der Waals surface area (Å²) >= 11 is 0. The van der Waals surface area contributed by atoms with Gasteiger partial charge in [-0.25, -0.2) is 0 Å². The van der Waals surface area contributed by atoms with E-state index in [9.17, 15) is 20.0 Å². The maximum atomic E-state index is 11.9. The Kier molecular flexibility index (Phi) is 21.8. The molecule has 0 aliphatic heterocycles. The van der Waals surface area contributed by atoms with Gasteiger partial charge in [0.15, 0.2) is 0 Å². The van der Waals surface area contributed by atoms with Crippen LogP contribution in [-0.2, 0) is 31.8 Å². The average Bonchev–Trinajstić information content (AvgIpc) is 3.13. The van der Waals surface area contributed by atoms with Crippen molar-refractivity contribution in [1.29, 1.82) is 0 Å². The van der Waals surface area contributed by atoms with Gasteiger partial charge in [-0.15, -0.1) is 0 Å². The minimum Gasteiger partial charge on any atom is -0.481 e. The smallest absolute Gasteiger partial charge is 0.327 e. The van der Waals surface area contributed by atoms with Gasteiger partial charge in [-0.1, -0.05) is 222 Å². The molecule has 1 atom stereocenters. The second-order valence-electron chi connectivity index (χ2n) is 22.5. The van der Waals surface area contributed by atoms with Crippen LogP contribution >= 0.6 is 8.60 Å². The SMILES string of the molecule is CCCCCCCCCCCCCCCCCCC(Oc1c(C(C)(C)C)cc(C)cc1C(C)(C)C)(c1c(C(C)(C)C)cc(C)cc1C(C)(C)C)C(CO)(CO)COP(O)O. The van der Waals surface area contributed by atoms with Gasteiger partial charge in [-0.3, -0.25) is 0 Å². The van der Waals surface area contributed by atoms with Gasteiger partial charge >= 0.3 is 8.60 Å². The van der Waals surface area contributed by atoms with Crippen LogP contribution in [0.15, 0.2) is 24.3 Å². The van der Waals surface area contributed by atoms with Crippen molar-refractivity contribution in [3.8, 4) is 5.75 Å². The Morgan fingerprint density at radius 3 is 1.10 bits per heavy atom. The number of aliphatic hydroxyl groups is 2. The van der Waals surface area contributed by atoms with Gasteiger partial charge in [0.05, 0.1) is 25.2 Å². The number of unbranched alkanes of at least 4 members (excludes halogenated alkanes) is 15. The molecule has 0 spiro atoms. The number of aliphatic hydroxyl groups excluding tert-OH is 2. The molecule has 0 saturated heterocycles. The van der Waals surface area contributed by atoms with Crippen LogP contribution in [0, 0.1) is 19.3 Å². The molecule has 0 bridgehead atoms. The summed E-state index contributed by atoms with van der Waals surface area (Å²) in [5, 5.41) is 23.7. The Morgan fingerprint density at radius 1 is 0.483 bits per heavy atom. The number of aryl methyl sites for hydroxylation is 2. The number of hydrogen-bond acceptors (Lipinski definition) is 6. The Bertz CT molecular complexity index is 1480. The maximum absolute atomic E-state index is 11.9. The Labute approximate surface area is 371 Å². The molecule has 0 radical (unpaired) electrons. The largest absolute Gasteiger partial charge is 0.481 e. The monoisotopic (exact) mass is 857 g/mol. The van der Waals surface area contributed by atoms with Crippen LogP contribution in [0.25, 0.3) is 0 Å². The summed E-state index contributed by atoms with van der Waals surface area (Å²) in [4.78, 5) is 20.6. The highest BCUT2D eigenvalue weighted by Crippen LogP contribution is 2.56. The van der Waals surface area contributed by atoms with Crippen LogP contribution in [0.1, 0.15) is 238 Å². The van der Waals surface area contributed by atoms with E-state index in [-0.39, 0.29) is 28.3 Å². The summed E-state index contributed by atoms with van der Waals surface area (Å²) in [5.74, 6) is 0.763. The molecular weight excluding hydrogens is 764 g/mol. The third-order valence-corrected chi connectivity index (χ3v) is 13.1. The molecule has 0 heterocycles. The highest BCUT2D eigenvalue weighted by molar-refractivity contribution is 7.39. The van der Waals surface area contributed by atoms with Crippen molar-refractivity contribution in [2.45, 2.75) is 240 Å². The van der Waals surface area contributed by atoms with E-state index in [2.05, 4.69) is 128 Å². The summed E-state index contributed by atoms with van der Waals surface area (Å²) in [7, 11) is -2.78. The molecule has 0 saturated carbocycles. The zero-order valence-electron chi connectivity index (χ0n) is 41.5. The molecule has 346 valence electrons. The maximum Gasteiger partial charge on any atom is 0.327 e. The van der Waals surface area contributed by atoms with E-state index in [1.165, 1.54) is 83.5 Å². The van der Waals surface area contributed by atoms with Gasteiger partial charge in [-0.05, 0) is 59.5 Å². The van der Waals surface area contributed by atoms with Crippen LogP contribution in [0.4, 0.5) is 0 Å². The third kappa shape index (κ3) is 15.6. The molecule has 4 N–H and O–H groups in total. The zero-order valence-corrected chi connectivity index (χ0v) is 42.4. The Hall–Kier alpha value is -1.53. The predicted octanol–water partition coefficient (Wildman–Crippen LogP) is 14.6. The molecule has 2 rings (SSSR count). The van der Waals surface area contributed by atoms with E-state index < -0.39 is 32.8 Å². The molecular formula is C53H93O6P. The second-order valence-corrected chi connectivity index (χ2v) is 23.3. The summed E-state index contributed by atoms with van der Waals surface area (Å²) in [6.07, 6.45) is 20.6. The minimum atomic E-state index is -2.78. The molecule has 60 heavy (non-hydrogen) atoms. The lowest BCUT2D eigenvalue weighted by molar-refractivity contribution is -0.148. The second kappa shape index (κ2) is 24.0. The summed E-state index contributed by atoms with van der Waals surface area (Å²) in [6, 6.07) is 8.97. The highest BCUT2D eigenvalue weighted by atomic mass is 31.2. The van der Waals surface area contributed by atoms with Gasteiger partial charge < -0.3 is 29.3 Å². The van der Waals surface area contributed by atoms with Crippen LogP contribution in [0.2, 0.25) is 0 Å². The van der Waals surface area contributed by atoms with Crippen molar-refractivity contribution in [2.24, 2.45) is 5.41 Å². The summed E-state index contributed by atoms with van der Waals surface area (Å²) in [5.41, 5.74) is 3.39. The standard InChI is InChI=1S/C53H93O6P/c1-16-17-18-19-20-21-22-23-24-25-26-27-28-29-30-31-32-53(52(37-54,38-55)39-58-60(56)57,46-42(48(4,5)6)33-40(2)34-43(46)49(7,8)9)59-47-44(50(10,11)12)35-41(3)36-45(47)51(13,14)15/h33-36,54-57H,16-32,37-39H2,1-15H3. The average molecular weight is 857 g/mol. The van der Waals surface area contributed by atoms with Crippen LogP contribution in [0.5, 0.6) is 5.75 Å². The first kappa shape index (κ1) is 54.6. The van der Waals surface area contributed by atoms with E-state index in [1.807, 2.05) is 0 Å². The number of ether oxygens (including phenoxy) is 1. The first-order chi connectivity index (χ1) is 27.8. The molecule has 2 aromatic rings. The van der Waals surface area contributed by atoms with Crippen molar-refractivity contribution in [2.75, 3.05) is 19.8 Å². The van der Waals surface area contributed by atoms with E-state index in [0.29, 0.717) is 6.42 Å². The first-order valence-electron chi connectivity index (χ1n) is 23.8. The van der Waals surface area contributed by atoms with Gasteiger partial charge in [0.25, 0.3) is 0 Å². The molecule has 7 heteroatoms. The van der Waals surface area contributed by atoms with Crippen LogP contribution in [-0.4, -0.2) is 39.8 Å². The van der Waals surface area contributed by atoms with Crippen LogP contribution in [0.3, 0.4) is 0 Å². The number of benzene rings is 2. The van der Waals surface area contributed by atoms with Crippen molar-refractivity contribution >= 4 is 8.60 Å². The fourth-order valence-corrected chi connectivity index (χ4v) is 9.42. The normalized spacial score (nSPS) is 14.3. The van der Waals surface area contributed by atoms with Crippen molar-refractivity contribution in [1.82, 2.24) is 0 Å². The Morgan fingerprint density at radius 2 is 0.800 bits per heavy atom. The molecule has 0 aliphatic rings. The first-order valence-corrected chi connectivity index (χ1v) is 25.0. The number of rotatable bonds is 26. The van der Waals surface area contributed by atoms with Crippen LogP contribution < -0.4 is 4.74 Å². The molecule has 1 unspecified atom stereocenters. The highest BCUT2D eigenvalue weighted by Gasteiger charge is 2.58. The van der Waals surface area contributed by atoms with E-state index in [1.54, 1.807) is 0 Å². The van der Waals surface area contributed by atoms with E-state index in [0.717, 1.165) is 64.0 Å². The third-order valence-electron chi connectivity index (χ3n) is 12.7. The molecule has 0 aliphatic carbocycles. The lowest BCUT2D eigenvalue weighted by atomic mass is 9.60. The predicted molar refractivity (Wildman–Crippen MR) is 258 cm³/mol. The van der Waals surface area contributed by atoms with Crippen molar-refractivity contribution < 1.29 is 29.3 Å². The summed E-state index contributed by atoms with van der Waals surface area (Å²) < 4.78 is 13.8.